The van der Waals surface area contributed by atoms with E-state index in [4.69, 9.17) is 0 Å². The second-order valence-corrected chi connectivity index (χ2v) is 3.43. The Balaban J connectivity index is 2.87. The Kier molecular flexibility index (Phi) is 3.78. The van der Waals surface area contributed by atoms with Crippen molar-refractivity contribution < 1.29 is 0 Å². The van der Waals surface area contributed by atoms with Crippen LogP contribution in [0.15, 0.2) is 17.1 Å². The van der Waals surface area contributed by atoms with Gasteiger partial charge in [0.05, 0.1) is 0 Å². The monoisotopic (exact) mass is 239 g/mol. The van der Waals surface area contributed by atoms with Gasteiger partial charge in [0, 0.05) is 29.1 Å². The number of aryl methyl sites for hydroxylation is 1. The minimum Gasteiger partial charge on any atom is -0.328 e. The first-order valence-corrected chi connectivity index (χ1v) is 5.10. The number of alkyl halides is 1. The predicted molar refractivity (Wildman–Crippen MR) is 57.1 cm³/mol. The summed E-state index contributed by atoms with van der Waals surface area (Å²) in [6.07, 6.45) is 2.45. The van der Waals surface area contributed by atoms with Crippen LogP contribution < -0.4 is 5.56 Å². The van der Waals surface area contributed by atoms with Gasteiger partial charge in [0.2, 0.25) is 0 Å². The molecule has 0 atom stereocenters. The lowest BCUT2D eigenvalue weighted by Gasteiger charge is -1.91. The van der Waals surface area contributed by atoms with Gasteiger partial charge in [-0.3, -0.25) is 4.79 Å². The van der Waals surface area contributed by atoms with Gasteiger partial charge in [-0.15, -0.1) is 0 Å². The Morgan fingerprint density at radius 1 is 1.62 bits per heavy atom. The Bertz CT molecular complexity index is 397. The topological polar surface area (TPSA) is 32.9 Å². The predicted octanol–water partition coefficient (Wildman–Crippen LogP) is 1.82. The quantitative estimate of drug-likeness (QED) is 0.589. The van der Waals surface area contributed by atoms with Gasteiger partial charge in [-0.05, 0) is 13.0 Å². The van der Waals surface area contributed by atoms with Gasteiger partial charge in [-0.25, -0.2) is 0 Å². The molecule has 1 aromatic heterocycles. The molecule has 0 unspecified atom stereocenters. The molecule has 1 aromatic rings. The molecule has 1 N–H and O–H groups in total. The summed E-state index contributed by atoms with van der Waals surface area (Å²) < 4.78 is 0. The number of halogens is 1. The molecule has 0 aromatic carbocycles. The maximum Gasteiger partial charge on any atom is 0.250 e. The van der Waals surface area contributed by atoms with Crippen molar-refractivity contribution >= 4 is 15.9 Å². The minimum absolute atomic E-state index is 0.0500. The van der Waals surface area contributed by atoms with E-state index < -0.39 is 0 Å². The van der Waals surface area contributed by atoms with E-state index in [1.54, 1.807) is 19.2 Å². The Morgan fingerprint density at radius 3 is 3.00 bits per heavy atom. The number of hydrogen-bond donors (Lipinski definition) is 1. The van der Waals surface area contributed by atoms with Crippen LogP contribution >= 0.6 is 15.9 Å². The Labute approximate surface area is 85.5 Å². The first-order valence-electron chi connectivity index (χ1n) is 3.98. The maximum atomic E-state index is 11.0. The number of aromatic amines is 1. The number of rotatable bonds is 1. The molecule has 0 aliphatic rings. The third-order valence-electron chi connectivity index (χ3n) is 1.54. The fourth-order valence-corrected chi connectivity index (χ4v) is 1.08. The molecule has 1 heterocycles. The molecule has 0 saturated carbocycles. The van der Waals surface area contributed by atoms with Crippen LogP contribution in [0.2, 0.25) is 0 Å². The molecular formula is C10H10BrNO. The van der Waals surface area contributed by atoms with Crippen LogP contribution in [-0.4, -0.2) is 10.3 Å². The largest absolute Gasteiger partial charge is 0.328 e. The number of aromatic nitrogens is 1. The third-order valence-corrected chi connectivity index (χ3v) is 1.94. The molecule has 0 fully saturated rings. The smallest absolute Gasteiger partial charge is 0.250 e. The molecule has 0 spiro atoms. The van der Waals surface area contributed by atoms with E-state index in [9.17, 15) is 4.79 Å². The zero-order valence-corrected chi connectivity index (χ0v) is 8.94. The van der Waals surface area contributed by atoms with Gasteiger partial charge in [-0.2, -0.15) is 0 Å². The standard InChI is InChI=1S/C10H10BrNO/c1-8-6-9(4-2-3-5-11)7-12-10(8)13/h6-7H,3,5H2,1H3,(H,12,13). The molecule has 1 rings (SSSR count). The van der Waals surface area contributed by atoms with Crippen LogP contribution in [0.5, 0.6) is 0 Å². The number of hydrogen-bond acceptors (Lipinski definition) is 1. The lowest BCUT2D eigenvalue weighted by Crippen LogP contribution is -2.08. The molecule has 2 nitrogen and oxygen atoms in total. The van der Waals surface area contributed by atoms with E-state index in [0.29, 0.717) is 5.56 Å². The van der Waals surface area contributed by atoms with Crippen molar-refractivity contribution in [1.82, 2.24) is 4.98 Å². The molecule has 13 heavy (non-hydrogen) atoms. The van der Waals surface area contributed by atoms with Gasteiger partial charge < -0.3 is 4.98 Å². The summed E-state index contributed by atoms with van der Waals surface area (Å²) in [4.78, 5) is 13.6. The highest BCUT2D eigenvalue weighted by atomic mass is 79.9. The van der Waals surface area contributed by atoms with Crippen molar-refractivity contribution in [2.45, 2.75) is 13.3 Å². The summed E-state index contributed by atoms with van der Waals surface area (Å²) in [6.45, 7) is 1.77. The van der Waals surface area contributed by atoms with Crippen molar-refractivity contribution in [2.24, 2.45) is 0 Å². The van der Waals surface area contributed by atoms with E-state index in [0.717, 1.165) is 17.3 Å². The van der Waals surface area contributed by atoms with Crippen LogP contribution in [0.3, 0.4) is 0 Å². The lowest BCUT2D eigenvalue weighted by molar-refractivity contribution is 1.17. The highest BCUT2D eigenvalue weighted by molar-refractivity contribution is 9.09. The summed E-state index contributed by atoms with van der Waals surface area (Å²) in [5, 5.41) is 0.877. The van der Waals surface area contributed by atoms with Crippen LogP contribution in [0.1, 0.15) is 17.5 Å². The summed E-state index contributed by atoms with van der Waals surface area (Å²) in [5.41, 5.74) is 1.51. The first-order chi connectivity index (χ1) is 6.24. The second kappa shape index (κ2) is 4.88. The minimum atomic E-state index is -0.0500. The molecule has 68 valence electrons. The van der Waals surface area contributed by atoms with E-state index in [1.807, 2.05) is 0 Å². The SMILES string of the molecule is Cc1cc(C#CCCBr)c[nH]c1=O. The highest BCUT2D eigenvalue weighted by Gasteiger charge is 1.92. The molecule has 0 saturated heterocycles. The summed E-state index contributed by atoms with van der Waals surface area (Å²) >= 11 is 3.29. The second-order valence-electron chi connectivity index (χ2n) is 2.64. The molecular weight excluding hydrogens is 230 g/mol. The number of pyridine rings is 1. The van der Waals surface area contributed by atoms with Crippen molar-refractivity contribution in [3.05, 3.63) is 33.7 Å². The fourth-order valence-electron chi connectivity index (χ4n) is 0.882. The highest BCUT2D eigenvalue weighted by Crippen LogP contribution is 1.95. The van der Waals surface area contributed by atoms with Crippen molar-refractivity contribution in [3.63, 3.8) is 0 Å². The van der Waals surface area contributed by atoms with E-state index in [1.165, 1.54) is 0 Å². The molecule has 3 heteroatoms. The molecule has 0 radical (unpaired) electrons. The summed E-state index contributed by atoms with van der Waals surface area (Å²) in [5.74, 6) is 5.94. The maximum absolute atomic E-state index is 11.0. The van der Waals surface area contributed by atoms with Crippen molar-refractivity contribution in [3.8, 4) is 11.8 Å². The fraction of sp³-hybridized carbons (Fsp3) is 0.300. The average Bonchev–Trinajstić information content (AvgIpc) is 2.12. The number of H-pyrrole nitrogens is 1. The van der Waals surface area contributed by atoms with Gasteiger partial charge >= 0.3 is 0 Å². The van der Waals surface area contributed by atoms with E-state index in [-0.39, 0.29) is 5.56 Å². The Morgan fingerprint density at radius 2 is 2.38 bits per heavy atom. The molecule has 0 aliphatic heterocycles. The van der Waals surface area contributed by atoms with Crippen molar-refractivity contribution in [1.29, 1.82) is 0 Å². The summed E-state index contributed by atoms with van der Waals surface area (Å²) in [7, 11) is 0. The zero-order chi connectivity index (χ0) is 9.68. The first kappa shape index (κ1) is 10.1. The van der Waals surface area contributed by atoms with Gasteiger partial charge in [0.25, 0.3) is 5.56 Å². The molecule has 0 amide bonds. The zero-order valence-electron chi connectivity index (χ0n) is 7.36. The van der Waals surface area contributed by atoms with Gasteiger partial charge in [0.15, 0.2) is 0 Å². The lowest BCUT2D eigenvalue weighted by atomic mass is 10.2. The third kappa shape index (κ3) is 3.08. The normalized spacial score (nSPS) is 9.08. The number of nitrogens with one attached hydrogen (secondary N) is 1. The van der Waals surface area contributed by atoms with Crippen LogP contribution in [0, 0.1) is 18.8 Å². The van der Waals surface area contributed by atoms with Crippen LogP contribution in [0.25, 0.3) is 0 Å². The van der Waals surface area contributed by atoms with Crippen molar-refractivity contribution in [2.75, 3.05) is 5.33 Å². The summed E-state index contributed by atoms with van der Waals surface area (Å²) in [6, 6.07) is 1.79. The van der Waals surface area contributed by atoms with E-state index in [2.05, 4.69) is 32.8 Å². The molecule has 0 bridgehead atoms. The average molecular weight is 240 g/mol. The van der Waals surface area contributed by atoms with Crippen LogP contribution in [0.4, 0.5) is 0 Å². The van der Waals surface area contributed by atoms with Crippen LogP contribution in [-0.2, 0) is 0 Å². The van der Waals surface area contributed by atoms with Gasteiger partial charge in [-0.1, -0.05) is 27.8 Å². The van der Waals surface area contributed by atoms with Gasteiger partial charge in [0.1, 0.15) is 0 Å². The molecule has 0 aliphatic carbocycles. The Hall–Kier alpha value is -1.01. The van der Waals surface area contributed by atoms with E-state index >= 15 is 0 Å².